The summed E-state index contributed by atoms with van der Waals surface area (Å²) in [6.07, 6.45) is 8.26. The Bertz CT molecular complexity index is 729. The maximum atomic E-state index is 4.19. The third-order valence-electron chi connectivity index (χ3n) is 3.98. The molecule has 0 amide bonds. The van der Waals surface area contributed by atoms with Crippen molar-refractivity contribution in [1.82, 2.24) is 14.5 Å². The maximum absolute atomic E-state index is 4.19. The van der Waals surface area contributed by atoms with Crippen LogP contribution in [0.25, 0.3) is 10.9 Å². The molecule has 0 aliphatic rings. The molecule has 0 radical (unpaired) electrons. The zero-order valence-corrected chi connectivity index (χ0v) is 13.4. The summed E-state index contributed by atoms with van der Waals surface area (Å²) in [5.41, 5.74) is 3.95. The molecular weight excluding hydrogens is 270 g/mol. The molecule has 0 unspecified atom stereocenters. The Kier molecular flexibility index (Phi) is 4.54. The highest BCUT2D eigenvalue weighted by molar-refractivity contribution is 5.81. The maximum Gasteiger partial charge on any atom is 0.0491 e. The van der Waals surface area contributed by atoms with Crippen LogP contribution in [0.1, 0.15) is 17.5 Å². The highest BCUT2D eigenvalue weighted by Gasteiger charge is 2.03. The lowest BCUT2D eigenvalue weighted by Crippen LogP contribution is -2.13. The van der Waals surface area contributed by atoms with Crippen molar-refractivity contribution in [3.05, 3.63) is 66.1 Å². The minimum atomic E-state index is 0.872. The van der Waals surface area contributed by atoms with Crippen LogP contribution in [0.3, 0.4) is 0 Å². The number of aryl methyl sites for hydroxylation is 1. The number of benzene rings is 1. The Morgan fingerprint density at radius 2 is 2.00 bits per heavy atom. The van der Waals surface area contributed by atoms with Crippen LogP contribution in [0.4, 0.5) is 0 Å². The molecule has 0 spiro atoms. The van der Waals surface area contributed by atoms with Gasteiger partial charge in [-0.15, -0.1) is 0 Å². The Balaban J connectivity index is 1.75. The predicted octanol–water partition coefficient (Wildman–Crippen LogP) is 3.58. The van der Waals surface area contributed by atoms with Gasteiger partial charge in [-0.3, -0.25) is 4.98 Å². The van der Waals surface area contributed by atoms with Crippen LogP contribution in [-0.2, 0) is 13.0 Å². The fourth-order valence-corrected chi connectivity index (χ4v) is 2.83. The topological polar surface area (TPSA) is 21.1 Å². The molecule has 3 rings (SSSR count). The van der Waals surface area contributed by atoms with Gasteiger partial charge in [-0.25, -0.2) is 0 Å². The van der Waals surface area contributed by atoms with Crippen LogP contribution < -0.4 is 0 Å². The molecule has 3 nitrogen and oxygen atoms in total. The van der Waals surface area contributed by atoms with Crippen molar-refractivity contribution >= 4 is 10.9 Å². The van der Waals surface area contributed by atoms with Crippen LogP contribution in [0.5, 0.6) is 0 Å². The quantitative estimate of drug-likeness (QED) is 0.692. The third-order valence-corrected chi connectivity index (χ3v) is 3.98. The molecule has 1 aromatic carbocycles. The molecule has 0 saturated carbocycles. The Morgan fingerprint density at radius 1 is 1.09 bits per heavy atom. The van der Waals surface area contributed by atoms with Crippen molar-refractivity contribution in [3.63, 3.8) is 0 Å². The summed E-state index contributed by atoms with van der Waals surface area (Å²) >= 11 is 0. The van der Waals surface area contributed by atoms with E-state index in [1.807, 2.05) is 18.5 Å². The summed E-state index contributed by atoms with van der Waals surface area (Å²) in [5, 5.41) is 1.33. The average Bonchev–Trinajstić information content (AvgIpc) is 2.90. The van der Waals surface area contributed by atoms with Gasteiger partial charge in [0, 0.05) is 30.7 Å². The lowest BCUT2D eigenvalue weighted by molar-refractivity contribution is 0.400. The fourth-order valence-electron chi connectivity index (χ4n) is 2.83. The number of rotatable bonds is 6. The van der Waals surface area contributed by atoms with Crippen LogP contribution >= 0.6 is 0 Å². The number of hydrogen-bond donors (Lipinski definition) is 0. The van der Waals surface area contributed by atoms with Crippen molar-refractivity contribution in [2.24, 2.45) is 0 Å². The van der Waals surface area contributed by atoms with E-state index < -0.39 is 0 Å². The average molecular weight is 293 g/mol. The molecule has 0 atom stereocenters. The van der Waals surface area contributed by atoms with Gasteiger partial charge in [0.05, 0.1) is 0 Å². The normalized spacial score (nSPS) is 11.4. The molecule has 114 valence electrons. The molecule has 0 saturated heterocycles. The van der Waals surface area contributed by atoms with E-state index in [9.17, 15) is 0 Å². The lowest BCUT2D eigenvalue weighted by Gasteiger charge is -2.09. The number of fused-ring (bicyclic) bond motifs is 1. The number of hydrogen-bond acceptors (Lipinski definition) is 2. The molecule has 0 bridgehead atoms. The molecular formula is C19H23N3. The number of pyridine rings is 1. The molecule has 0 N–H and O–H groups in total. The lowest BCUT2D eigenvalue weighted by atomic mass is 10.1. The summed E-state index contributed by atoms with van der Waals surface area (Å²) in [5.74, 6) is 0. The van der Waals surface area contributed by atoms with Gasteiger partial charge in [0.2, 0.25) is 0 Å². The summed E-state index contributed by atoms with van der Waals surface area (Å²) in [6.45, 7) is 2.01. The first kappa shape index (κ1) is 14.8. The largest absolute Gasteiger partial charge is 0.343 e. The van der Waals surface area contributed by atoms with E-state index >= 15 is 0 Å². The van der Waals surface area contributed by atoms with Gasteiger partial charge in [-0.2, -0.15) is 0 Å². The van der Waals surface area contributed by atoms with Gasteiger partial charge >= 0.3 is 0 Å². The Labute approximate surface area is 132 Å². The van der Waals surface area contributed by atoms with Crippen LogP contribution in [0, 0.1) is 0 Å². The minimum absolute atomic E-state index is 0.872. The van der Waals surface area contributed by atoms with Gasteiger partial charge in [0.15, 0.2) is 0 Å². The summed E-state index contributed by atoms with van der Waals surface area (Å²) in [4.78, 5) is 6.43. The second-order valence-corrected chi connectivity index (χ2v) is 6.10. The van der Waals surface area contributed by atoms with E-state index in [0.29, 0.717) is 0 Å². The molecule has 22 heavy (non-hydrogen) atoms. The van der Waals surface area contributed by atoms with Crippen molar-refractivity contribution in [2.45, 2.75) is 19.4 Å². The zero-order valence-electron chi connectivity index (χ0n) is 13.4. The second-order valence-electron chi connectivity index (χ2n) is 6.10. The molecule has 0 aliphatic carbocycles. The highest BCUT2D eigenvalue weighted by atomic mass is 15.0. The summed E-state index contributed by atoms with van der Waals surface area (Å²) in [7, 11) is 4.25. The first-order valence-electron chi connectivity index (χ1n) is 7.84. The van der Waals surface area contributed by atoms with Gasteiger partial charge in [-0.05, 0) is 74.3 Å². The minimum Gasteiger partial charge on any atom is -0.343 e. The third kappa shape index (κ3) is 3.55. The van der Waals surface area contributed by atoms with Crippen molar-refractivity contribution in [1.29, 1.82) is 0 Å². The van der Waals surface area contributed by atoms with Crippen molar-refractivity contribution < 1.29 is 0 Å². The fraction of sp³-hybridized carbons (Fsp3) is 0.316. The first-order chi connectivity index (χ1) is 10.7. The molecule has 0 aliphatic heterocycles. The van der Waals surface area contributed by atoms with E-state index in [0.717, 1.165) is 19.5 Å². The van der Waals surface area contributed by atoms with E-state index in [2.05, 4.69) is 65.1 Å². The standard InChI is InChI=1S/C19H23N3/c1-21(2)11-4-6-16-7-8-19-18(13-16)9-12-22(19)15-17-5-3-10-20-14-17/h3,5,7-10,12-14H,4,6,11,15H2,1-2H3. The first-order valence-corrected chi connectivity index (χ1v) is 7.84. The number of nitrogens with zero attached hydrogens (tertiary/aromatic N) is 3. The van der Waals surface area contributed by atoms with Gasteiger partial charge in [0.25, 0.3) is 0 Å². The Morgan fingerprint density at radius 3 is 2.77 bits per heavy atom. The van der Waals surface area contributed by atoms with Crippen molar-refractivity contribution in [2.75, 3.05) is 20.6 Å². The van der Waals surface area contributed by atoms with Gasteiger partial charge in [-0.1, -0.05) is 12.1 Å². The van der Waals surface area contributed by atoms with Gasteiger partial charge < -0.3 is 9.47 Å². The van der Waals surface area contributed by atoms with Crippen LogP contribution in [0.15, 0.2) is 55.0 Å². The molecule has 2 heterocycles. The molecule has 3 aromatic rings. The Hall–Kier alpha value is -2.13. The smallest absolute Gasteiger partial charge is 0.0491 e. The van der Waals surface area contributed by atoms with Crippen molar-refractivity contribution in [3.8, 4) is 0 Å². The monoisotopic (exact) mass is 293 g/mol. The molecule has 0 fully saturated rings. The van der Waals surface area contributed by atoms with E-state index in [4.69, 9.17) is 0 Å². The summed E-state index contributed by atoms with van der Waals surface area (Å²) in [6, 6.07) is 13.2. The molecule has 2 aromatic heterocycles. The van der Waals surface area contributed by atoms with E-state index in [-0.39, 0.29) is 0 Å². The van der Waals surface area contributed by atoms with Gasteiger partial charge in [0.1, 0.15) is 0 Å². The van der Waals surface area contributed by atoms with E-state index in [1.54, 1.807) is 0 Å². The summed E-state index contributed by atoms with van der Waals surface area (Å²) < 4.78 is 2.29. The predicted molar refractivity (Wildman–Crippen MR) is 92.2 cm³/mol. The zero-order chi connectivity index (χ0) is 15.4. The second kappa shape index (κ2) is 6.75. The molecule has 3 heteroatoms. The van der Waals surface area contributed by atoms with E-state index in [1.165, 1.54) is 28.5 Å². The SMILES string of the molecule is CN(C)CCCc1ccc2c(ccn2Cc2cccnc2)c1. The highest BCUT2D eigenvalue weighted by Crippen LogP contribution is 2.19. The van der Waals surface area contributed by atoms with Crippen LogP contribution in [0.2, 0.25) is 0 Å². The number of aromatic nitrogens is 2. The van der Waals surface area contributed by atoms with Crippen LogP contribution in [-0.4, -0.2) is 35.1 Å².